The molecular formula is C54H36B2N4. The number of hydrogen-bond acceptors (Lipinski definition) is 4. The monoisotopic (exact) mass is 762 g/mol. The first-order valence-corrected chi connectivity index (χ1v) is 20.1. The lowest BCUT2D eigenvalue weighted by molar-refractivity contribution is 1.45. The third kappa shape index (κ3) is 5.98. The van der Waals surface area contributed by atoms with E-state index in [4.69, 9.17) is 0 Å². The van der Waals surface area contributed by atoms with Crippen LogP contribution in [0.2, 0.25) is 0 Å². The third-order valence-electron chi connectivity index (χ3n) is 12.5. The molecule has 9 rings (SSSR count). The molecule has 7 aromatic carbocycles. The minimum atomic E-state index is -0.0899. The van der Waals surface area contributed by atoms with Crippen LogP contribution in [0.15, 0.2) is 157 Å². The highest BCUT2D eigenvalue weighted by molar-refractivity contribution is 6.96. The summed E-state index contributed by atoms with van der Waals surface area (Å²) in [5.41, 5.74) is 19.5. The Bertz CT molecular complexity index is 2880. The maximum absolute atomic E-state index is 10.5. The fraction of sp³-hybridized carbons (Fsp3) is 0.0741. The molecule has 7 aromatic rings. The van der Waals surface area contributed by atoms with Gasteiger partial charge in [0.25, 0.3) is 0 Å². The van der Waals surface area contributed by atoms with Gasteiger partial charge in [0.15, 0.2) is 0 Å². The molecule has 2 aliphatic rings. The lowest BCUT2D eigenvalue weighted by atomic mass is 9.35. The van der Waals surface area contributed by atoms with E-state index in [9.17, 15) is 21.0 Å². The Balaban J connectivity index is 1.27. The average Bonchev–Trinajstić information content (AvgIpc) is 3.75. The van der Waals surface area contributed by atoms with Gasteiger partial charge in [-0.2, -0.15) is 21.0 Å². The van der Waals surface area contributed by atoms with Gasteiger partial charge in [-0.1, -0.05) is 188 Å². The predicted octanol–water partition coefficient (Wildman–Crippen LogP) is 7.61. The van der Waals surface area contributed by atoms with Crippen LogP contribution in [0.25, 0.3) is 33.4 Å². The molecule has 0 unspecified atom stereocenters. The van der Waals surface area contributed by atoms with Gasteiger partial charge in [0, 0.05) is 11.1 Å². The van der Waals surface area contributed by atoms with Gasteiger partial charge in [-0.05, 0) is 84.3 Å². The van der Waals surface area contributed by atoms with Crippen LogP contribution < -0.4 is 32.8 Å². The molecule has 0 N–H and O–H groups in total. The first-order valence-electron chi connectivity index (χ1n) is 20.1. The second-order valence-electron chi connectivity index (χ2n) is 15.8. The first kappa shape index (κ1) is 37.7. The zero-order valence-electron chi connectivity index (χ0n) is 33.8. The van der Waals surface area contributed by atoms with Crippen molar-refractivity contribution in [3.05, 3.63) is 201 Å². The van der Waals surface area contributed by atoms with Crippen molar-refractivity contribution in [2.75, 3.05) is 0 Å². The Morgan fingerprint density at radius 3 is 0.917 bits per heavy atom. The Hall–Kier alpha value is -7.89. The van der Waals surface area contributed by atoms with E-state index < -0.39 is 0 Å². The van der Waals surface area contributed by atoms with Gasteiger partial charge in [0.05, 0.1) is 0 Å². The number of aryl methyl sites for hydroxylation is 4. The van der Waals surface area contributed by atoms with Crippen LogP contribution in [0.1, 0.15) is 44.5 Å². The van der Waals surface area contributed by atoms with Crippen molar-refractivity contribution in [2.24, 2.45) is 0 Å². The maximum atomic E-state index is 10.5. The summed E-state index contributed by atoms with van der Waals surface area (Å²) >= 11 is 0. The molecule has 6 heteroatoms. The van der Waals surface area contributed by atoms with Crippen molar-refractivity contribution in [3.63, 3.8) is 0 Å². The zero-order valence-corrected chi connectivity index (χ0v) is 33.8. The van der Waals surface area contributed by atoms with Crippen LogP contribution >= 0.6 is 0 Å². The van der Waals surface area contributed by atoms with Crippen molar-refractivity contribution >= 4 is 57.3 Å². The highest BCUT2D eigenvalue weighted by Gasteiger charge is 2.36. The first-order chi connectivity index (χ1) is 29.3. The van der Waals surface area contributed by atoms with E-state index in [-0.39, 0.29) is 24.6 Å². The summed E-state index contributed by atoms with van der Waals surface area (Å²) in [7, 11) is 0. The zero-order chi connectivity index (χ0) is 41.7. The molecular weight excluding hydrogens is 726 g/mol. The topological polar surface area (TPSA) is 95.2 Å². The van der Waals surface area contributed by atoms with Crippen molar-refractivity contribution in [1.82, 2.24) is 0 Å². The molecule has 278 valence electrons. The predicted molar refractivity (Wildman–Crippen MR) is 246 cm³/mol. The fourth-order valence-corrected chi connectivity index (χ4v) is 9.62. The molecule has 0 amide bonds. The summed E-state index contributed by atoms with van der Waals surface area (Å²) in [6.07, 6.45) is 0. The molecule has 0 fully saturated rings. The third-order valence-corrected chi connectivity index (χ3v) is 12.5. The molecule has 0 radical (unpaired) electrons. The molecule has 60 heavy (non-hydrogen) atoms. The van der Waals surface area contributed by atoms with Gasteiger partial charge < -0.3 is 0 Å². The molecule has 0 spiro atoms. The average molecular weight is 763 g/mol. The van der Waals surface area contributed by atoms with Gasteiger partial charge in [0.1, 0.15) is 35.4 Å². The SMILES string of the molecule is Cc1ccccc1B(c1ccc2c(c1)C(=C(C#N)C#N)c1cc3c(cc1-2)-c1ccc(B(c2ccccc2C)c2ccccc2C)cc1C3=C(C#N)C#N)c1ccccc1C. The summed E-state index contributed by atoms with van der Waals surface area (Å²) < 4.78 is 0. The summed E-state index contributed by atoms with van der Waals surface area (Å²) in [6, 6.07) is 59.6. The highest BCUT2D eigenvalue weighted by atomic mass is 14.4. The Labute approximate surface area is 352 Å². The molecule has 0 aliphatic heterocycles. The van der Waals surface area contributed by atoms with E-state index in [1.54, 1.807) is 0 Å². The van der Waals surface area contributed by atoms with Crippen molar-refractivity contribution in [1.29, 1.82) is 21.0 Å². The van der Waals surface area contributed by atoms with Crippen LogP contribution in [0, 0.1) is 73.0 Å². The van der Waals surface area contributed by atoms with Crippen molar-refractivity contribution in [3.8, 4) is 46.5 Å². The van der Waals surface area contributed by atoms with Gasteiger partial charge in [-0.25, -0.2) is 0 Å². The minimum absolute atomic E-state index is 0.0128. The fourth-order valence-electron chi connectivity index (χ4n) is 9.62. The standard InChI is InChI=1S/C54H36B2N4/c1-33-13-5-9-17-49(33)55(50-18-10-6-14-34(50)2)39-21-23-41-43-27-44-42-24-22-40(56(51-19-11-7-15-35(51)3)52-20-12-8-16-36(52)4)26-46(42)54(38(31-59)32-60)48(44)28-47(43)53(45(41)25-39)37(29-57)30-58/h5-28H,1-4H3. The van der Waals surface area contributed by atoms with Gasteiger partial charge in [-0.3, -0.25) is 0 Å². The Kier molecular flexibility index (Phi) is 9.50. The quantitative estimate of drug-likeness (QED) is 0.129. The van der Waals surface area contributed by atoms with Crippen LogP contribution in [0.4, 0.5) is 0 Å². The van der Waals surface area contributed by atoms with Crippen LogP contribution in [0.3, 0.4) is 0 Å². The summed E-state index contributed by atoms with van der Waals surface area (Å²) in [4.78, 5) is 0. The number of hydrogen-bond donors (Lipinski definition) is 0. The second-order valence-corrected chi connectivity index (χ2v) is 15.8. The number of nitriles is 4. The summed E-state index contributed by atoms with van der Waals surface area (Å²) in [5.74, 6) is 0. The van der Waals surface area contributed by atoms with E-state index in [1.165, 1.54) is 44.1 Å². The minimum Gasteiger partial charge on any atom is -0.192 e. The van der Waals surface area contributed by atoms with Gasteiger partial charge in [0.2, 0.25) is 13.4 Å². The number of fused-ring (bicyclic) bond motifs is 6. The molecule has 0 aromatic heterocycles. The van der Waals surface area contributed by atoms with E-state index in [1.807, 2.05) is 6.07 Å². The van der Waals surface area contributed by atoms with Crippen molar-refractivity contribution < 1.29 is 0 Å². The summed E-state index contributed by atoms with van der Waals surface area (Å²) in [6.45, 7) is 8.35. The summed E-state index contributed by atoms with van der Waals surface area (Å²) in [5, 5.41) is 41.9. The van der Waals surface area contributed by atoms with E-state index in [0.29, 0.717) is 11.1 Å². The molecule has 0 heterocycles. The van der Waals surface area contributed by atoms with E-state index in [0.717, 1.165) is 55.4 Å². The van der Waals surface area contributed by atoms with Crippen LogP contribution in [-0.4, -0.2) is 13.4 Å². The smallest absolute Gasteiger partial charge is 0.192 e. The second kappa shape index (κ2) is 15.1. The van der Waals surface area contributed by atoms with Crippen LogP contribution in [-0.2, 0) is 0 Å². The number of rotatable bonds is 6. The highest BCUT2D eigenvalue weighted by Crippen LogP contribution is 2.53. The van der Waals surface area contributed by atoms with E-state index >= 15 is 0 Å². The molecule has 0 bridgehead atoms. The molecule has 2 aliphatic carbocycles. The normalized spacial score (nSPS) is 11.5. The van der Waals surface area contributed by atoms with Gasteiger partial charge in [-0.15, -0.1) is 0 Å². The number of allylic oxidation sites excluding steroid dienone is 2. The Morgan fingerprint density at radius 2 is 0.617 bits per heavy atom. The number of nitrogens with zero attached hydrogens (tertiary/aromatic N) is 4. The molecule has 0 saturated heterocycles. The van der Waals surface area contributed by atoms with Crippen LogP contribution in [0.5, 0.6) is 0 Å². The molecule has 4 nitrogen and oxygen atoms in total. The Morgan fingerprint density at radius 1 is 0.333 bits per heavy atom. The molecule has 0 saturated carbocycles. The lowest BCUT2D eigenvalue weighted by Crippen LogP contribution is -2.53. The lowest BCUT2D eigenvalue weighted by Gasteiger charge is -2.21. The number of benzene rings is 7. The largest absolute Gasteiger partial charge is 0.241 e. The molecule has 0 atom stereocenters. The maximum Gasteiger partial charge on any atom is 0.241 e. The van der Waals surface area contributed by atoms with Crippen molar-refractivity contribution in [2.45, 2.75) is 27.7 Å². The van der Waals surface area contributed by atoms with Gasteiger partial charge >= 0.3 is 0 Å². The van der Waals surface area contributed by atoms with E-state index in [2.05, 4.69) is 191 Å².